The van der Waals surface area contributed by atoms with E-state index in [4.69, 9.17) is 5.11 Å². The van der Waals surface area contributed by atoms with E-state index in [0.717, 1.165) is 32.1 Å². The summed E-state index contributed by atoms with van der Waals surface area (Å²) < 4.78 is 0. The van der Waals surface area contributed by atoms with Gasteiger partial charge in [0.2, 0.25) is 5.91 Å². The molecule has 1 aliphatic carbocycles. The highest BCUT2D eigenvalue weighted by Crippen LogP contribution is 2.29. The van der Waals surface area contributed by atoms with Gasteiger partial charge in [-0.25, -0.2) is 0 Å². The zero-order valence-corrected chi connectivity index (χ0v) is 11.5. The van der Waals surface area contributed by atoms with Crippen LogP contribution in [0.15, 0.2) is 0 Å². The topological polar surface area (TPSA) is 60.9 Å². The summed E-state index contributed by atoms with van der Waals surface area (Å²) in [7, 11) is 0. The molecule has 1 saturated heterocycles. The van der Waals surface area contributed by atoms with E-state index in [9.17, 15) is 9.59 Å². The van der Waals surface area contributed by atoms with Crippen LogP contribution in [-0.2, 0) is 9.59 Å². The van der Waals surface area contributed by atoms with Crippen LogP contribution >= 0.6 is 0 Å². The van der Waals surface area contributed by atoms with E-state index in [1.807, 2.05) is 4.90 Å². The third-order valence-corrected chi connectivity index (χ3v) is 3.97. The lowest BCUT2D eigenvalue weighted by Crippen LogP contribution is -2.49. The Hall–Kier alpha value is -1.10. The third-order valence-electron chi connectivity index (χ3n) is 3.97. The molecule has 0 aromatic rings. The molecule has 19 heavy (non-hydrogen) atoms. The zero-order valence-electron chi connectivity index (χ0n) is 11.5. The van der Waals surface area contributed by atoms with Crippen molar-refractivity contribution in [1.29, 1.82) is 0 Å². The number of aliphatic carboxylic acids is 1. The SMILES string of the molecule is O=C(O)CCCCC(=O)N1CCN(CC2CC2)CC1. The molecule has 0 atom stereocenters. The van der Waals surface area contributed by atoms with Gasteiger partial charge in [0.1, 0.15) is 0 Å². The highest BCUT2D eigenvalue weighted by atomic mass is 16.4. The molecular weight excluding hydrogens is 244 g/mol. The van der Waals surface area contributed by atoms with Crippen LogP contribution in [0.25, 0.3) is 0 Å². The number of amides is 1. The molecule has 0 radical (unpaired) electrons. The second-order valence-electron chi connectivity index (χ2n) is 5.73. The zero-order chi connectivity index (χ0) is 13.7. The van der Waals surface area contributed by atoms with Crippen molar-refractivity contribution in [3.63, 3.8) is 0 Å². The first-order chi connectivity index (χ1) is 9.15. The van der Waals surface area contributed by atoms with Gasteiger partial charge in [-0.2, -0.15) is 0 Å². The highest BCUT2D eigenvalue weighted by molar-refractivity contribution is 5.76. The number of piperazine rings is 1. The van der Waals surface area contributed by atoms with E-state index in [0.29, 0.717) is 19.3 Å². The van der Waals surface area contributed by atoms with Crippen LogP contribution in [-0.4, -0.2) is 59.5 Å². The number of unbranched alkanes of at least 4 members (excludes halogenated alkanes) is 1. The van der Waals surface area contributed by atoms with Crippen molar-refractivity contribution >= 4 is 11.9 Å². The fraction of sp³-hybridized carbons (Fsp3) is 0.857. The molecule has 1 N–H and O–H groups in total. The molecule has 1 saturated carbocycles. The summed E-state index contributed by atoms with van der Waals surface area (Å²) in [6.45, 7) is 4.88. The van der Waals surface area contributed by atoms with E-state index >= 15 is 0 Å². The van der Waals surface area contributed by atoms with Gasteiger partial charge in [0.05, 0.1) is 0 Å². The number of carboxylic acid groups (broad SMARTS) is 1. The smallest absolute Gasteiger partial charge is 0.303 e. The standard InChI is InChI=1S/C14H24N2O3/c17-13(3-1-2-4-14(18)19)16-9-7-15(8-10-16)11-12-5-6-12/h12H,1-11H2,(H,18,19). The number of rotatable bonds is 7. The maximum atomic E-state index is 11.9. The highest BCUT2D eigenvalue weighted by Gasteiger charge is 2.27. The monoisotopic (exact) mass is 268 g/mol. The first-order valence-electron chi connectivity index (χ1n) is 7.37. The van der Waals surface area contributed by atoms with E-state index in [1.165, 1.54) is 19.4 Å². The summed E-state index contributed by atoms with van der Waals surface area (Å²) in [5, 5.41) is 8.53. The molecule has 108 valence electrons. The van der Waals surface area contributed by atoms with Crippen LogP contribution in [0.4, 0.5) is 0 Å². The van der Waals surface area contributed by atoms with Gasteiger partial charge < -0.3 is 10.0 Å². The summed E-state index contributed by atoms with van der Waals surface area (Å²) in [4.78, 5) is 26.7. The first-order valence-corrected chi connectivity index (χ1v) is 7.37. The summed E-state index contributed by atoms with van der Waals surface area (Å²) >= 11 is 0. The molecule has 0 bridgehead atoms. The number of hydrogen-bond acceptors (Lipinski definition) is 3. The second-order valence-corrected chi connectivity index (χ2v) is 5.73. The van der Waals surface area contributed by atoms with Crippen molar-refractivity contribution < 1.29 is 14.7 Å². The van der Waals surface area contributed by atoms with Gasteiger partial charge in [-0.1, -0.05) is 0 Å². The van der Waals surface area contributed by atoms with Gasteiger partial charge in [0.15, 0.2) is 0 Å². The van der Waals surface area contributed by atoms with Gasteiger partial charge in [-0.15, -0.1) is 0 Å². The Labute approximate surface area is 114 Å². The Morgan fingerprint density at radius 3 is 2.21 bits per heavy atom. The molecule has 5 nitrogen and oxygen atoms in total. The predicted octanol–water partition coefficient (Wildman–Crippen LogP) is 1.19. The Bertz CT molecular complexity index is 321. The van der Waals surface area contributed by atoms with Crippen molar-refractivity contribution in [2.45, 2.75) is 38.5 Å². The lowest BCUT2D eigenvalue weighted by molar-refractivity contribution is -0.138. The number of carbonyl (C=O) groups is 2. The van der Waals surface area contributed by atoms with Crippen LogP contribution in [0.1, 0.15) is 38.5 Å². The summed E-state index contributed by atoms with van der Waals surface area (Å²) in [6, 6.07) is 0. The molecule has 2 rings (SSSR count). The lowest BCUT2D eigenvalue weighted by Gasteiger charge is -2.34. The minimum atomic E-state index is -0.777. The van der Waals surface area contributed by atoms with Crippen LogP contribution in [0.3, 0.4) is 0 Å². The molecule has 1 aliphatic heterocycles. The number of carbonyl (C=O) groups excluding carboxylic acids is 1. The predicted molar refractivity (Wildman–Crippen MR) is 71.8 cm³/mol. The molecule has 0 spiro atoms. The molecule has 1 amide bonds. The minimum absolute atomic E-state index is 0.169. The Morgan fingerprint density at radius 2 is 1.63 bits per heavy atom. The second kappa shape index (κ2) is 6.89. The molecule has 1 heterocycles. The van der Waals surface area contributed by atoms with Crippen LogP contribution in [0, 0.1) is 5.92 Å². The van der Waals surface area contributed by atoms with Crippen LogP contribution in [0.5, 0.6) is 0 Å². The molecule has 5 heteroatoms. The molecular formula is C14H24N2O3. The van der Waals surface area contributed by atoms with Crippen LogP contribution < -0.4 is 0 Å². The quantitative estimate of drug-likeness (QED) is 0.704. The summed E-state index contributed by atoms with van der Waals surface area (Å²) in [5.41, 5.74) is 0. The Kier molecular flexibility index (Phi) is 5.19. The average molecular weight is 268 g/mol. The maximum Gasteiger partial charge on any atom is 0.303 e. The van der Waals surface area contributed by atoms with Crippen molar-refractivity contribution in [2.75, 3.05) is 32.7 Å². The minimum Gasteiger partial charge on any atom is -0.481 e. The number of hydrogen-bond donors (Lipinski definition) is 1. The molecule has 0 unspecified atom stereocenters. The molecule has 2 fully saturated rings. The van der Waals surface area contributed by atoms with Crippen molar-refractivity contribution in [1.82, 2.24) is 9.80 Å². The van der Waals surface area contributed by atoms with Crippen molar-refractivity contribution in [3.8, 4) is 0 Å². The lowest BCUT2D eigenvalue weighted by atomic mass is 10.1. The molecule has 0 aromatic heterocycles. The van der Waals surface area contributed by atoms with Gasteiger partial charge >= 0.3 is 5.97 Å². The van der Waals surface area contributed by atoms with Gasteiger partial charge in [0, 0.05) is 45.6 Å². The number of nitrogens with zero attached hydrogens (tertiary/aromatic N) is 2. The van der Waals surface area contributed by atoms with Gasteiger partial charge in [-0.3, -0.25) is 14.5 Å². The summed E-state index contributed by atoms with van der Waals surface area (Å²) in [5.74, 6) is 0.330. The van der Waals surface area contributed by atoms with Crippen LogP contribution in [0.2, 0.25) is 0 Å². The average Bonchev–Trinajstić information content (AvgIpc) is 3.19. The van der Waals surface area contributed by atoms with Crippen molar-refractivity contribution in [2.24, 2.45) is 5.92 Å². The first kappa shape index (κ1) is 14.3. The maximum absolute atomic E-state index is 11.9. The van der Waals surface area contributed by atoms with Gasteiger partial charge in [0.25, 0.3) is 0 Å². The molecule has 2 aliphatic rings. The fourth-order valence-corrected chi connectivity index (χ4v) is 2.56. The molecule has 0 aromatic carbocycles. The van der Waals surface area contributed by atoms with E-state index in [1.54, 1.807) is 0 Å². The van der Waals surface area contributed by atoms with E-state index in [-0.39, 0.29) is 12.3 Å². The van der Waals surface area contributed by atoms with E-state index in [2.05, 4.69) is 4.90 Å². The Balaban J connectivity index is 1.57. The summed E-state index contributed by atoms with van der Waals surface area (Å²) in [6.07, 6.45) is 4.71. The third kappa shape index (κ3) is 5.19. The largest absolute Gasteiger partial charge is 0.481 e. The number of carboxylic acids is 1. The van der Waals surface area contributed by atoms with Gasteiger partial charge in [-0.05, 0) is 31.6 Å². The fourth-order valence-electron chi connectivity index (χ4n) is 2.56. The van der Waals surface area contributed by atoms with Crippen molar-refractivity contribution in [3.05, 3.63) is 0 Å². The normalized spacial score (nSPS) is 20.5. The van der Waals surface area contributed by atoms with E-state index < -0.39 is 5.97 Å². The Morgan fingerprint density at radius 1 is 1.00 bits per heavy atom.